The molecule has 0 amide bonds. The summed E-state index contributed by atoms with van der Waals surface area (Å²) in [6.45, 7) is 0.432. The maximum Gasteiger partial charge on any atom is 0.335 e. The van der Waals surface area contributed by atoms with E-state index in [-0.39, 0.29) is 5.56 Å². The molecule has 0 saturated carbocycles. The van der Waals surface area contributed by atoms with Gasteiger partial charge in [0.1, 0.15) is 5.52 Å². The lowest BCUT2D eigenvalue weighted by Crippen LogP contribution is -2.06. The first-order chi connectivity index (χ1) is 10.2. The van der Waals surface area contributed by atoms with Crippen molar-refractivity contribution in [2.45, 2.75) is 6.54 Å². The molecule has 3 aromatic rings. The lowest BCUT2D eigenvalue weighted by molar-refractivity contribution is 0.0697. The van der Waals surface area contributed by atoms with Crippen molar-refractivity contribution >= 4 is 23.0 Å². The Labute approximate surface area is 120 Å². The third-order valence-electron chi connectivity index (χ3n) is 2.99. The Hall–Kier alpha value is -3.02. The van der Waals surface area contributed by atoms with Crippen molar-refractivity contribution < 1.29 is 9.90 Å². The average molecular weight is 280 g/mol. The van der Waals surface area contributed by atoms with Crippen molar-refractivity contribution in [2.24, 2.45) is 0 Å². The molecule has 1 aromatic heterocycles. The first-order valence-electron chi connectivity index (χ1n) is 6.38. The van der Waals surface area contributed by atoms with Gasteiger partial charge in [-0.1, -0.05) is 24.3 Å². The van der Waals surface area contributed by atoms with Crippen LogP contribution >= 0.6 is 0 Å². The van der Waals surface area contributed by atoms with Crippen LogP contribution in [0, 0.1) is 0 Å². The number of hydrogen-bond donors (Lipinski definition) is 2. The molecule has 0 fully saturated rings. The van der Waals surface area contributed by atoms with Crippen LogP contribution in [-0.4, -0.2) is 26.3 Å². The van der Waals surface area contributed by atoms with E-state index in [4.69, 9.17) is 5.11 Å². The molecule has 21 heavy (non-hydrogen) atoms. The number of hydrogen-bond acceptors (Lipinski definition) is 5. The van der Waals surface area contributed by atoms with Crippen LogP contribution in [0.5, 0.6) is 0 Å². The molecule has 0 spiro atoms. The summed E-state index contributed by atoms with van der Waals surface area (Å²) < 4.78 is 0. The number of rotatable bonds is 4. The molecule has 1 heterocycles. The summed E-state index contributed by atoms with van der Waals surface area (Å²) in [6, 6.07) is 14.2. The Morgan fingerprint density at radius 1 is 1.05 bits per heavy atom. The van der Waals surface area contributed by atoms with Gasteiger partial charge < -0.3 is 10.4 Å². The van der Waals surface area contributed by atoms with Gasteiger partial charge in [0.2, 0.25) is 5.95 Å². The second kappa shape index (κ2) is 5.54. The molecule has 104 valence electrons. The van der Waals surface area contributed by atoms with Gasteiger partial charge in [-0.3, -0.25) is 0 Å². The molecule has 6 nitrogen and oxygen atoms in total. The highest BCUT2D eigenvalue weighted by atomic mass is 16.4. The quantitative estimate of drug-likeness (QED) is 0.762. The summed E-state index contributed by atoms with van der Waals surface area (Å²) in [5, 5.41) is 20.1. The summed E-state index contributed by atoms with van der Waals surface area (Å²) in [4.78, 5) is 15.3. The Morgan fingerprint density at radius 3 is 2.67 bits per heavy atom. The predicted octanol–water partition coefficient (Wildman–Crippen LogP) is 2.34. The van der Waals surface area contributed by atoms with Crippen molar-refractivity contribution in [2.75, 3.05) is 5.32 Å². The Kier molecular flexibility index (Phi) is 3.42. The van der Waals surface area contributed by atoms with Gasteiger partial charge in [0.25, 0.3) is 0 Å². The lowest BCUT2D eigenvalue weighted by Gasteiger charge is -2.05. The molecule has 0 saturated heterocycles. The average Bonchev–Trinajstić information content (AvgIpc) is 2.53. The van der Waals surface area contributed by atoms with Crippen LogP contribution in [0.15, 0.2) is 48.5 Å². The number of nitrogens with zero attached hydrogens (tertiary/aromatic N) is 3. The van der Waals surface area contributed by atoms with Crippen molar-refractivity contribution in [1.29, 1.82) is 0 Å². The number of nitrogens with one attached hydrogen (secondary N) is 1. The fourth-order valence-electron chi connectivity index (χ4n) is 1.95. The van der Waals surface area contributed by atoms with Crippen LogP contribution in [0.4, 0.5) is 5.95 Å². The number of aromatic carboxylic acids is 1. The number of fused-ring (bicyclic) bond motifs is 1. The van der Waals surface area contributed by atoms with E-state index in [1.54, 1.807) is 18.2 Å². The second-order valence-electron chi connectivity index (χ2n) is 4.48. The summed E-state index contributed by atoms with van der Waals surface area (Å²) in [5.74, 6) is -0.533. The molecule has 0 aliphatic heterocycles. The summed E-state index contributed by atoms with van der Waals surface area (Å²) in [7, 11) is 0. The van der Waals surface area contributed by atoms with Crippen molar-refractivity contribution in [3.8, 4) is 0 Å². The third kappa shape index (κ3) is 2.94. The molecule has 0 bridgehead atoms. The molecule has 0 unspecified atom stereocenters. The molecule has 2 aromatic carbocycles. The number of carboxylic acid groups (broad SMARTS) is 1. The fourth-order valence-corrected chi connectivity index (χ4v) is 1.95. The van der Waals surface area contributed by atoms with Crippen LogP contribution in [-0.2, 0) is 6.54 Å². The van der Waals surface area contributed by atoms with Crippen LogP contribution < -0.4 is 5.32 Å². The number of aromatic nitrogens is 3. The highest BCUT2D eigenvalue weighted by Gasteiger charge is 2.04. The zero-order chi connectivity index (χ0) is 14.7. The van der Waals surface area contributed by atoms with E-state index in [2.05, 4.69) is 20.5 Å². The number of benzene rings is 2. The van der Waals surface area contributed by atoms with Gasteiger partial charge in [0.15, 0.2) is 0 Å². The molecule has 0 aliphatic rings. The van der Waals surface area contributed by atoms with Crippen LogP contribution in [0.1, 0.15) is 15.9 Å². The summed E-state index contributed by atoms with van der Waals surface area (Å²) >= 11 is 0. The van der Waals surface area contributed by atoms with Gasteiger partial charge in [0.05, 0.1) is 11.1 Å². The van der Waals surface area contributed by atoms with E-state index >= 15 is 0 Å². The molecule has 0 radical (unpaired) electrons. The molecule has 2 N–H and O–H groups in total. The number of anilines is 1. The van der Waals surface area contributed by atoms with Gasteiger partial charge in [-0.05, 0) is 29.8 Å². The topological polar surface area (TPSA) is 88.0 Å². The standard InChI is InChI=1S/C15H12N4O2/c20-14(21)11-5-3-4-10(8-11)9-16-15-17-12-6-1-2-7-13(12)18-19-15/h1-8H,9H2,(H,20,21)(H,16,17,19). The molecular weight excluding hydrogens is 268 g/mol. The predicted molar refractivity (Wildman–Crippen MR) is 78.1 cm³/mol. The molecular formula is C15H12N4O2. The van der Waals surface area contributed by atoms with E-state index < -0.39 is 5.97 Å². The van der Waals surface area contributed by atoms with E-state index in [0.717, 1.165) is 16.6 Å². The maximum atomic E-state index is 10.9. The minimum Gasteiger partial charge on any atom is -0.478 e. The summed E-state index contributed by atoms with van der Waals surface area (Å²) in [6.07, 6.45) is 0. The highest BCUT2D eigenvalue weighted by Crippen LogP contribution is 2.11. The van der Waals surface area contributed by atoms with E-state index in [1.165, 1.54) is 0 Å². The second-order valence-corrected chi connectivity index (χ2v) is 4.48. The van der Waals surface area contributed by atoms with Gasteiger partial charge in [-0.15, -0.1) is 10.2 Å². The third-order valence-corrected chi connectivity index (χ3v) is 2.99. The van der Waals surface area contributed by atoms with Crippen LogP contribution in [0.25, 0.3) is 11.0 Å². The molecule has 6 heteroatoms. The Bertz CT molecular complexity index is 804. The monoisotopic (exact) mass is 280 g/mol. The minimum absolute atomic E-state index is 0.256. The summed E-state index contributed by atoms with van der Waals surface area (Å²) in [5.41, 5.74) is 2.59. The first kappa shape index (κ1) is 13.0. The van der Waals surface area contributed by atoms with E-state index in [1.807, 2.05) is 30.3 Å². The van der Waals surface area contributed by atoms with E-state index in [0.29, 0.717) is 12.5 Å². The number of carboxylic acids is 1. The minimum atomic E-state index is -0.944. The zero-order valence-corrected chi connectivity index (χ0v) is 11.0. The first-order valence-corrected chi connectivity index (χ1v) is 6.38. The SMILES string of the molecule is O=C(O)c1cccc(CNc2nnc3ccccc3n2)c1. The van der Waals surface area contributed by atoms with Gasteiger partial charge in [-0.2, -0.15) is 0 Å². The van der Waals surface area contributed by atoms with Gasteiger partial charge in [-0.25, -0.2) is 9.78 Å². The molecule has 3 rings (SSSR count). The lowest BCUT2D eigenvalue weighted by atomic mass is 10.1. The Balaban J connectivity index is 1.77. The van der Waals surface area contributed by atoms with Crippen LogP contribution in [0.2, 0.25) is 0 Å². The molecule has 0 atom stereocenters. The largest absolute Gasteiger partial charge is 0.478 e. The maximum absolute atomic E-state index is 10.9. The number of para-hydroxylation sites is 1. The van der Waals surface area contributed by atoms with Gasteiger partial charge in [0, 0.05) is 6.54 Å². The zero-order valence-electron chi connectivity index (χ0n) is 11.0. The molecule has 0 aliphatic carbocycles. The smallest absolute Gasteiger partial charge is 0.335 e. The van der Waals surface area contributed by atoms with Gasteiger partial charge >= 0.3 is 5.97 Å². The van der Waals surface area contributed by atoms with Crippen molar-refractivity contribution in [3.05, 3.63) is 59.7 Å². The number of carbonyl (C=O) groups is 1. The fraction of sp³-hybridized carbons (Fsp3) is 0.0667. The van der Waals surface area contributed by atoms with Crippen molar-refractivity contribution in [3.63, 3.8) is 0 Å². The van der Waals surface area contributed by atoms with Crippen LogP contribution in [0.3, 0.4) is 0 Å². The van der Waals surface area contributed by atoms with Crippen molar-refractivity contribution in [1.82, 2.24) is 15.2 Å². The highest BCUT2D eigenvalue weighted by molar-refractivity contribution is 5.87. The van der Waals surface area contributed by atoms with E-state index in [9.17, 15) is 4.79 Å². The normalized spacial score (nSPS) is 10.5. The Morgan fingerprint density at radius 2 is 1.86 bits per heavy atom.